The molecule has 1 N–H and O–H groups in total. The summed E-state index contributed by atoms with van der Waals surface area (Å²) in [4.78, 5) is 30.9. The van der Waals surface area contributed by atoms with Gasteiger partial charge in [0.2, 0.25) is 5.91 Å². The zero-order chi connectivity index (χ0) is 20.1. The van der Waals surface area contributed by atoms with E-state index in [2.05, 4.69) is 10.3 Å². The Morgan fingerprint density at radius 1 is 1.29 bits per heavy atom. The number of hydrogen-bond donors (Lipinski definition) is 1. The molecule has 2 aromatic rings. The van der Waals surface area contributed by atoms with Gasteiger partial charge in [0.1, 0.15) is 6.04 Å². The van der Waals surface area contributed by atoms with E-state index in [9.17, 15) is 9.59 Å². The number of aromatic nitrogens is 1. The highest BCUT2D eigenvalue weighted by molar-refractivity contribution is 7.09. The fourth-order valence-corrected chi connectivity index (χ4v) is 4.04. The van der Waals surface area contributed by atoms with Gasteiger partial charge in [-0.15, -0.1) is 11.3 Å². The molecule has 0 bridgehead atoms. The Morgan fingerprint density at radius 2 is 1.96 bits per heavy atom. The van der Waals surface area contributed by atoms with Crippen LogP contribution in [0.4, 0.5) is 5.69 Å². The zero-order valence-corrected chi connectivity index (χ0v) is 17.4. The molecule has 28 heavy (non-hydrogen) atoms. The van der Waals surface area contributed by atoms with Crippen molar-refractivity contribution in [3.8, 4) is 11.3 Å². The number of likely N-dealkylation sites (tertiary alicyclic amines) is 1. The number of aryl methyl sites for hydroxylation is 1. The summed E-state index contributed by atoms with van der Waals surface area (Å²) in [7, 11) is 0. The number of amides is 1. The second-order valence-corrected chi connectivity index (χ2v) is 8.11. The van der Waals surface area contributed by atoms with Gasteiger partial charge in [-0.1, -0.05) is 12.1 Å². The van der Waals surface area contributed by atoms with Crippen molar-refractivity contribution in [2.24, 2.45) is 5.92 Å². The van der Waals surface area contributed by atoms with Gasteiger partial charge in [0.25, 0.3) is 0 Å². The van der Waals surface area contributed by atoms with Gasteiger partial charge < -0.3 is 15.0 Å². The highest BCUT2D eigenvalue weighted by Crippen LogP contribution is 2.24. The van der Waals surface area contributed by atoms with Crippen molar-refractivity contribution in [3.05, 3.63) is 34.7 Å². The maximum Gasteiger partial charge on any atom is 0.309 e. The Bertz CT molecular complexity index is 811. The number of nitrogens with one attached hydrogen (secondary N) is 1. The number of esters is 1. The third-order valence-corrected chi connectivity index (χ3v) is 5.75. The number of hydrogen-bond acceptors (Lipinski definition) is 6. The van der Waals surface area contributed by atoms with Crippen LogP contribution in [0.3, 0.4) is 0 Å². The minimum Gasteiger partial charge on any atom is -0.466 e. The van der Waals surface area contributed by atoms with Crippen LogP contribution < -0.4 is 5.32 Å². The van der Waals surface area contributed by atoms with Crippen LogP contribution in [0.2, 0.25) is 0 Å². The Balaban J connectivity index is 1.52. The molecule has 1 aromatic heterocycles. The van der Waals surface area contributed by atoms with E-state index in [1.54, 1.807) is 11.3 Å². The smallest absolute Gasteiger partial charge is 0.309 e. The minimum atomic E-state index is -0.327. The molecule has 1 aromatic carbocycles. The number of rotatable bonds is 6. The molecule has 1 saturated heterocycles. The first-order valence-electron chi connectivity index (χ1n) is 9.72. The first-order valence-corrected chi connectivity index (χ1v) is 10.6. The van der Waals surface area contributed by atoms with Crippen LogP contribution in [-0.2, 0) is 14.3 Å². The number of nitrogens with zero attached hydrogens (tertiary/aromatic N) is 2. The van der Waals surface area contributed by atoms with E-state index in [0.717, 1.165) is 22.0 Å². The van der Waals surface area contributed by atoms with Crippen LogP contribution in [0.15, 0.2) is 29.6 Å². The summed E-state index contributed by atoms with van der Waals surface area (Å²) in [6, 6.07) is 7.64. The van der Waals surface area contributed by atoms with Gasteiger partial charge in [-0.2, -0.15) is 0 Å². The molecule has 6 nitrogen and oxygen atoms in total. The number of benzene rings is 1. The van der Waals surface area contributed by atoms with Crippen LogP contribution in [0.1, 0.15) is 31.7 Å². The lowest BCUT2D eigenvalue weighted by atomic mass is 9.96. The van der Waals surface area contributed by atoms with Crippen molar-refractivity contribution in [2.75, 3.05) is 25.0 Å². The van der Waals surface area contributed by atoms with Gasteiger partial charge in [-0.25, -0.2) is 4.98 Å². The highest BCUT2D eigenvalue weighted by atomic mass is 32.1. The van der Waals surface area contributed by atoms with Gasteiger partial charge >= 0.3 is 5.97 Å². The topological polar surface area (TPSA) is 71.5 Å². The van der Waals surface area contributed by atoms with Crippen molar-refractivity contribution >= 4 is 28.9 Å². The number of carbonyl (C=O) groups excluding carboxylic acids is 2. The van der Waals surface area contributed by atoms with Crippen LogP contribution in [-0.4, -0.2) is 47.5 Å². The molecule has 3 rings (SSSR count). The molecule has 0 radical (unpaired) electrons. The Labute approximate surface area is 169 Å². The third-order valence-electron chi connectivity index (χ3n) is 4.98. The molecule has 0 spiro atoms. The normalized spacial score (nSPS) is 15.9. The predicted octanol–water partition coefficient (Wildman–Crippen LogP) is 3.72. The average Bonchev–Trinajstić information content (AvgIpc) is 3.14. The monoisotopic (exact) mass is 401 g/mol. The molecular weight excluding hydrogens is 374 g/mol. The first-order chi connectivity index (χ1) is 13.5. The standard InChI is InChI=1S/C21H27N3O3S/c1-4-27-21(26)17-9-11-24(12-10-17)20(25)14(2)22-18-7-5-16(6-8-18)19-13-28-15(3)23-19/h5-8,13-14,17,22H,4,9-12H2,1-3H3. The fourth-order valence-electron chi connectivity index (χ4n) is 3.41. The van der Waals surface area contributed by atoms with Crippen LogP contribution in [0.25, 0.3) is 11.3 Å². The van der Waals surface area contributed by atoms with Gasteiger partial charge in [0, 0.05) is 29.7 Å². The molecule has 150 valence electrons. The third kappa shape index (κ3) is 4.90. The summed E-state index contributed by atoms with van der Waals surface area (Å²) < 4.78 is 5.09. The Hall–Kier alpha value is -2.41. The van der Waals surface area contributed by atoms with E-state index in [1.165, 1.54) is 0 Å². The molecule has 1 unspecified atom stereocenters. The van der Waals surface area contributed by atoms with Crippen molar-refractivity contribution < 1.29 is 14.3 Å². The molecule has 7 heteroatoms. The lowest BCUT2D eigenvalue weighted by Gasteiger charge is -2.33. The van der Waals surface area contributed by atoms with Gasteiger partial charge in [-0.3, -0.25) is 9.59 Å². The molecule has 1 aliphatic rings. The average molecular weight is 402 g/mol. The molecule has 1 amide bonds. The molecular formula is C21H27N3O3S. The molecule has 0 aliphatic carbocycles. The largest absolute Gasteiger partial charge is 0.466 e. The highest BCUT2D eigenvalue weighted by Gasteiger charge is 2.30. The number of anilines is 1. The van der Waals surface area contributed by atoms with Crippen LogP contribution in [0.5, 0.6) is 0 Å². The van der Waals surface area contributed by atoms with E-state index < -0.39 is 0 Å². The predicted molar refractivity (Wildman–Crippen MR) is 111 cm³/mol. The number of carbonyl (C=O) groups is 2. The molecule has 2 heterocycles. The van der Waals surface area contributed by atoms with Crippen molar-refractivity contribution in [1.82, 2.24) is 9.88 Å². The molecule has 1 fully saturated rings. The minimum absolute atomic E-state index is 0.0570. The lowest BCUT2D eigenvalue weighted by Crippen LogP contribution is -2.46. The Kier molecular flexibility index (Phi) is 6.67. The quantitative estimate of drug-likeness (QED) is 0.747. The molecule has 1 atom stereocenters. The van der Waals surface area contributed by atoms with E-state index in [4.69, 9.17) is 4.74 Å². The van der Waals surface area contributed by atoms with Crippen molar-refractivity contribution in [2.45, 2.75) is 39.7 Å². The second kappa shape index (κ2) is 9.19. The van der Waals surface area contributed by atoms with Gasteiger partial charge in [-0.05, 0) is 45.7 Å². The maximum absolute atomic E-state index is 12.7. The zero-order valence-electron chi connectivity index (χ0n) is 16.6. The first kappa shape index (κ1) is 20.3. The van der Waals surface area contributed by atoms with Crippen molar-refractivity contribution in [1.29, 1.82) is 0 Å². The maximum atomic E-state index is 12.7. The number of piperidine rings is 1. The van der Waals surface area contributed by atoms with Gasteiger partial charge in [0.05, 0.1) is 23.2 Å². The van der Waals surface area contributed by atoms with Gasteiger partial charge in [0.15, 0.2) is 0 Å². The van der Waals surface area contributed by atoms with Crippen LogP contribution in [0, 0.1) is 12.8 Å². The van der Waals surface area contributed by atoms with Crippen molar-refractivity contribution in [3.63, 3.8) is 0 Å². The van der Waals surface area contributed by atoms with Crippen LogP contribution >= 0.6 is 11.3 Å². The fraction of sp³-hybridized carbons (Fsp3) is 0.476. The van der Waals surface area contributed by atoms with E-state index in [-0.39, 0.29) is 23.8 Å². The number of thiazole rings is 1. The summed E-state index contributed by atoms with van der Waals surface area (Å²) in [5.41, 5.74) is 2.94. The summed E-state index contributed by atoms with van der Waals surface area (Å²) in [5, 5.41) is 6.37. The second-order valence-electron chi connectivity index (χ2n) is 7.05. The SMILES string of the molecule is CCOC(=O)C1CCN(C(=O)C(C)Nc2ccc(-c3csc(C)n3)cc2)CC1. The number of ether oxygens (including phenoxy) is 1. The lowest BCUT2D eigenvalue weighted by molar-refractivity contribution is -0.151. The summed E-state index contributed by atoms with van der Waals surface area (Å²) in [6.45, 7) is 7.27. The van der Waals surface area contributed by atoms with E-state index >= 15 is 0 Å². The Morgan fingerprint density at radius 3 is 2.54 bits per heavy atom. The van der Waals surface area contributed by atoms with E-state index in [0.29, 0.717) is 32.5 Å². The molecule has 0 saturated carbocycles. The van der Waals surface area contributed by atoms with E-state index in [1.807, 2.05) is 55.3 Å². The summed E-state index contributed by atoms with van der Waals surface area (Å²) >= 11 is 1.63. The summed E-state index contributed by atoms with van der Waals surface area (Å²) in [5.74, 6) is -0.174. The molecule has 1 aliphatic heterocycles. The summed E-state index contributed by atoms with van der Waals surface area (Å²) in [6.07, 6.45) is 1.33.